The fraction of sp³-hybridized carbons (Fsp3) is 0.240. The maximum absolute atomic E-state index is 12.8. The second-order valence-electron chi connectivity index (χ2n) is 7.60. The van der Waals surface area contributed by atoms with Crippen molar-refractivity contribution in [3.63, 3.8) is 0 Å². The summed E-state index contributed by atoms with van der Waals surface area (Å²) in [5.41, 5.74) is 2.13. The molecule has 3 aromatic carbocycles. The average molecular weight is 467 g/mol. The van der Waals surface area contributed by atoms with Gasteiger partial charge in [-0.25, -0.2) is 8.42 Å². The van der Waals surface area contributed by atoms with Crippen molar-refractivity contribution in [3.8, 4) is 5.75 Å². The van der Waals surface area contributed by atoms with Crippen molar-refractivity contribution in [1.82, 2.24) is 9.62 Å². The zero-order chi connectivity index (χ0) is 23.1. The van der Waals surface area contributed by atoms with Crippen LogP contribution in [0.3, 0.4) is 0 Å². The summed E-state index contributed by atoms with van der Waals surface area (Å²) in [6.45, 7) is 2.08. The summed E-state index contributed by atoms with van der Waals surface area (Å²) in [7, 11) is -3.54. The van der Waals surface area contributed by atoms with Gasteiger partial charge in [-0.2, -0.15) is 4.31 Å². The minimum atomic E-state index is -3.54. The number of nitrogens with one attached hydrogen (secondary N) is 1. The van der Waals surface area contributed by atoms with Gasteiger partial charge in [-0.15, -0.1) is 0 Å². The number of amides is 1. The first-order valence-electron chi connectivity index (χ1n) is 10.7. The van der Waals surface area contributed by atoms with E-state index in [1.165, 1.54) is 4.31 Å². The first-order chi connectivity index (χ1) is 16.0. The minimum Gasteiger partial charge on any atom is -0.489 e. The molecule has 1 aliphatic rings. The molecule has 0 aliphatic carbocycles. The molecule has 1 aliphatic heterocycles. The largest absolute Gasteiger partial charge is 0.489 e. The van der Waals surface area contributed by atoms with Gasteiger partial charge in [0.25, 0.3) is 5.91 Å². The van der Waals surface area contributed by atoms with Crippen LogP contribution in [0, 0.1) is 0 Å². The Balaban J connectivity index is 1.37. The predicted molar refractivity (Wildman–Crippen MR) is 124 cm³/mol. The minimum absolute atomic E-state index is 0.215. The highest BCUT2D eigenvalue weighted by Crippen LogP contribution is 2.18. The van der Waals surface area contributed by atoms with Crippen LogP contribution in [-0.4, -0.2) is 44.9 Å². The zero-order valence-corrected chi connectivity index (χ0v) is 19.0. The molecule has 0 bridgehead atoms. The van der Waals surface area contributed by atoms with E-state index in [1.807, 2.05) is 48.5 Å². The zero-order valence-electron chi connectivity index (χ0n) is 18.1. The number of nitrogens with zero attached hydrogens (tertiary/aromatic N) is 1. The van der Waals surface area contributed by atoms with E-state index in [-0.39, 0.29) is 24.0 Å². The van der Waals surface area contributed by atoms with Gasteiger partial charge in [-0.1, -0.05) is 48.5 Å². The van der Waals surface area contributed by atoms with Crippen LogP contribution in [0.1, 0.15) is 21.5 Å². The first kappa shape index (κ1) is 23.0. The van der Waals surface area contributed by atoms with Crippen molar-refractivity contribution in [3.05, 3.63) is 95.6 Å². The van der Waals surface area contributed by atoms with Gasteiger partial charge in [0.1, 0.15) is 12.4 Å². The third-order valence-corrected chi connectivity index (χ3v) is 7.30. The summed E-state index contributed by atoms with van der Waals surface area (Å²) in [4.78, 5) is 13.0. The lowest BCUT2D eigenvalue weighted by Gasteiger charge is -2.26. The van der Waals surface area contributed by atoms with Crippen molar-refractivity contribution in [2.75, 3.05) is 26.3 Å². The molecule has 0 atom stereocenters. The molecule has 172 valence electrons. The quantitative estimate of drug-likeness (QED) is 0.551. The third-order valence-electron chi connectivity index (χ3n) is 5.38. The standard InChI is InChI=1S/C25H26N2O5S/c28-25(24-9-5-4-6-21(24)19-32-22-7-2-1-3-8-22)26-18-20-10-12-23(13-11-20)33(29,30)27-14-16-31-17-15-27/h1-13H,14-19H2,(H,26,28). The van der Waals surface area contributed by atoms with Crippen molar-refractivity contribution in [1.29, 1.82) is 0 Å². The molecule has 33 heavy (non-hydrogen) atoms. The molecule has 0 saturated carbocycles. The van der Waals surface area contributed by atoms with E-state index in [1.54, 1.807) is 30.3 Å². The predicted octanol–water partition coefficient (Wildman–Crippen LogP) is 3.22. The third kappa shape index (κ3) is 5.78. The summed E-state index contributed by atoms with van der Waals surface area (Å²) in [6.07, 6.45) is 0. The van der Waals surface area contributed by atoms with Crippen LogP contribution in [-0.2, 0) is 27.9 Å². The van der Waals surface area contributed by atoms with Gasteiger partial charge in [0, 0.05) is 30.8 Å². The van der Waals surface area contributed by atoms with E-state index in [2.05, 4.69) is 5.32 Å². The SMILES string of the molecule is O=C(NCc1ccc(S(=O)(=O)N2CCOCC2)cc1)c1ccccc1COc1ccccc1. The Bertz CT molecular complexity index is 1170. The summed E-state index contributed by atoms with van der Waals surface area (Å²) in [5, 5.41) is 2.90. The molecule has 7 nitrogen and oxygen atoms in total. The summed E-state index contributed by atoms with van der Waals surface area (Å²) < 4.78 is 37.9. The first-order valence-corrected chi connectivity index (χ1v) is 12.2. The molecule has 4 rings (SSSR count). The molecule has 1 fully saturated rings. The maximum Gasteiger partial charge on any atom is 0.251 e. The van der Waals surface area contributed by atoms with Crippen LogP contribution in [0.2, 0.25) is 0 Å². The molecule has 1 heterocycles. The summed E-state index contributed by atoms with van der Waals surface area (Å²) in [6, 6.07) is 23.3. The number of carbonyl (C=O) groups excluding carboxylic acids is 1. The number of hydrogen-bond donors (Lipinski definition) is 1. The highest BCUT2D eigenvalue weighted by molar-refractivity contribution is 7.89. The summed E-state index contributed by atoms with van der Waals surface area (Å²) >= 11 is 0. The van der Waals surface area contributed by atoms with Gasteiger partial charge in [-0.05, 0) is 35.9 Å². The molecular weight excluding hydrogens is 440 g/mol. The van der Waals surface area contributed by atoms with Gasteiger partial charge >= 0.3 is 0 Å². The number of ether oxygens (including phenoxy) is 2. The smallest absolute Gasteiger partial charge is 0.251 e. The van der Waals surface area contributed by atoms with Gasteiger partial charge in [-0.3, -0.25) is 4.79 Å². The van der Waals surface area contributed by atoms with Gasteiger partial charge in [0.2, 0.25) is 10.0 Å². The Morgan fingerprint density at radius 2 is 1.58 bits per heavy atom. The number of rotatable bonds is 8. The van der Waals surface area contributed by atoms with E-state index in [9.17, 15) is 13.2 Å². The van der Waals surface area contributed by atoms with E-state index < -0.39 is 10.0 Å². The maximum atomic E-state index is 12.8. The van der Waals surface area contributed by atoms with Crippen LogP contribution >= 0.6 is 0 Å². The molecule has 1 saturated heterocycles. The number of para-hydroxylation sites is 1. The lowest BCUT2D eigenvalue weighted by atomic mass is 10.1. The second-order valence-corrected chi connectivity index (χ2v) is 9.54. The molecule has 1 N–H and O–H groups in total. The number of morpholine rings is 1. The molecule has 8 heteroatoms. The lowest BCUT2D eigenvalue weighted by molar-refractivity contribution is 0.0730. The van der Waals surface area contributed by atoms with Crippen LogP contribution < -0.4 is 10.1 Å². The molecule has 0 aromatic heterocycles. The van der Waals surface area contributed by atoms with E-state index >= 15 is 0 Å². The van der Waals surface area contributed by atoms with Crippen LogP contribution in [0.5, 0.6) is 5.75 Å². The molecule has 1 amide bonds. The highest BCUT2D eigenvalue weighted by Gasteiger charge is 2.26. The Morgan fingerprint density at radius 3 is 2.30 bits per heavy atom. The Kier molecular flexibility index (Phi) is 7.39. The van der Waals surface area contributed by atoms with E-state index in [0.717, 1.165) is 16.9 Å². The van der Waals surface area contributed by atoms with Crippen molar-refractivity contribution in [2.45, 2.75) is 18.0 Å². The number of hydrogen-bond acceptors (Lipinski definition) is 5. The fourth-order valence-corrected chi connectivity index (χ4v) is 4.95. The van der Waals surface area contributed by atoms with Gasteiger partial charge in [0.15, 0.2) is 0 Å². The normalized spacial score (nSPS) is 14.5. The fourth-order valence-electron chi connectivity index (χ4n) is 3.54. The summed E-state index contributed by atoms with van der Waals surface area (Å²) in [5.74, 6) is 0.520. The molecule has 0 unspecified atom stereocenters. The topological polar surface area (TPSA) is 84.9 Å². The molecule has 0 radical (unpaired) electrons. The average Bonchev–Trinajstić information content (AvgIpc) is 2.87. The lowest BCUT2D eigenvalue weighted by Crippen LogP contribution is -2.40. The van der Waals surface area contributed by atoms with Crippen molar-refractivity contribution in [2.24, 2.45) is 0 Å². The Hall–Kier alpha value is -3.20. The van der Waals surface area contributed by atoms with E-state index in [0.29, 0.717) is 31.9 Å². The van der Waals surface area contributed by atoms with Crippen LogP contribution in [0.25, 0.3) is 0 Å². The van der Waals surface area contributed by atoms with E-state index in [4.69, 9.17) is 9.47 Å². The van der Waals surface area contributed by atoms with Crippen molar-refractivity contribution < 1.29 is 22.7 Å². The molecule has 0 spiro atoms. The van der Waals surface area contributed by atoms with Crippen LogP contribution in [0.4, 0.5) is 0 Å². The number of sulfonamides is 1. The van der Waals surface area contributed by atoms with Crippen molar-refractivity contribution >= 4 is 15.9 Å². The number of benzene rings is 3. The van der Waals surface area contributed by atoms with Gasteiger partial charge < -0.3 is 14.8 Å². The highest BCUT2D eigenvalue weighted by atomic mass is 32.2. The van der Waals surface area contributed by atoms with Gasteiger partial charge in [0.05, 0.1) is 18.1 Å². The van der Waals surface area contributed by atoms with Crippen LogP contribution in [0.15, 0.2) is 83.8 Å². The molecule has 3 aromatic rings. The second kappa shape index (κ2) is 10.6. The number of carbonyl (C=O) groups is 1. The monoisotopic (exact) mass is 466 g/mol. The molecular formula is C25H26N2O5S. The Labute approximate surface area is 194 Å². The Morgan fingerprint density at radius 1 is 0.909 bits per heavy atom.